The number of hydrogen-bond acceptors (Lipinski definition) is 5. The van der Waals surface area contributed by atoms with Crippen LogP contribution in [0.4, 0.5) is 0 Å². The van der Waals surface area contributed by atoms with Gasteiger partial charge in [0.05, 0.1) is 28.5 Å². The van der Waals surface area contributed by atoms with Gasteiger partial charge in [-0.2, -0.15) is 0 Å². The van der Waals surface area contributed by atoms with Crippen LogP contribution >= 0.6 is 11.3 Å². The molecule has 1 unspecified atom stereocenters. The average molecular weight is 576 g/mol. The van der Waals surface area contributed by atoms with Crippen molar-refractivity contribution in [3.63, 3.8) is 0 Å². The number of rotatable bonds is 7. The highest BCUT2D eigenvalue weighted by molar-refractivity contribution is 7.07. The number of benzene rings is 3. The maximum Gasteiger partial charge on any atom is 0.338 e. The van der Waals surface area contributed by atoms with Gasteiger partial charge in [-0.3, -0.25) is 9.36 Å². The number of carbonyl (C=O) groups excluding carboxylic acids is 1. The predicted octanol–water partition coefficient (Wildman–Crippen LogP) is 6.03. The highest BCUT2D eigenvalue weighted by atomic mass is 32.1. The third kappa shape index (κ3) is 4.84. The first-order valence-electron chi connectivity index (χ1n) is 14.4. The molecule has 3 aromatic carbocycles. The van der Waals surface area contributed by atoms with Crippen LogP contribution in [0.5, 0.6) is 0 Å². The van der Waals surface area contributed by atoms with Crippen LogP contribution in [0.25, 0.3) is 22.7 Å². The van der Waals surface area contributed by atoms with Crippen molar-refractivity contribution in [1.82, 2.24) is 9.13 Å². The Bertz CT molecular complexity index is 1990. The van der Waals surface area contributed by atoms with E-state index in [1.165, 1.54) is 16.9 Å². The van der Waals surface area contributed by atoms with Crippen molar-refractivity contribution in [3.8, 4) is 0 Å². The monoisotopic (exact) mass is 575 g/mol. The Kier molecular flexibility index (Phi) is 7.52. The number of para-hydroxylation sites is 1. The minimum Gasteiger partial charge on any atom is -0.463 e. The summed E-state index contributed by atoms with van der Waals surface area (Å²) < 4.78 is 10.0. The summed E-state index contributed by atoms with van der Waals surface area (Å²) in [6.07, 6.45) is 4.04. The Morgan fingerprint density at radius 3 is 2.40 bits per heavy atom. The predicted molar refractivity (Wildman–Crippen MR) is 169 cm³/mol. The van der Waals surface area contributed by atoms with Crippen molar-refractivity contribution < 1.29 is 9.53 Å². The van der Waals surface area contributed by atoms with Crippen molar-refractivity contribution in [2.24, 2.45) is 4.99 Å². The minimum atomic E-state index is -0.684. The van der Waals surface area contributed by atoms with Crippen LogP contribution in [0.3, 0.4) is 0 Å². The molecule has 0 spiro atoms. The summed E-state index contributed by atoms with van der Waals surface area (Å²) in [5, 5.41) is 1.09. The van der Waals surface area contributed by atoms with Crippen LogP contribution in [0.2, 0.25) is 0 Å². The molecule has 7 heteroatoms. The zero-order valence-corrected chi connectivity index (χ0v) is 25.0. The van der Waals surface area contributed by atoms with Gasteiger partial charge in [0.2, 0.25) is 0 Å². The van der Waals surface area contributed by atoms with Crippen LogP contribution < -0.4 is 14.9 Å². The molecule has 0 saturated heterocycles. The highest BCUT2D eigenvalue weighted by Gasteiger charge is 2.35. The van der Waals surface area contributed by atoms with Gasteiger partial charge >= 0.3 is 5.97 Å². The minimum absolute atomic E-state index is 0.182. The first-order valence-corrected chi connectivity index (χ1v) is 15.2. The molecule has 212 valence electrons. The van der Waals surface area contributed by atoms with Gasteiger partial charge in [0, 0.05) is 34.8 Å². The number of ether oxygens (including phenoxy) is 1. The second-order valence-corrected chi connectivity index (χ2v) is 11.6. The summed E-state index contributed by atoms with van der Waals surface area (Å²) in [7, 11) is 0. The zero-order chi connectivity index (χ0) is 29.4. The fraction of sp³-hybridized carbons (Fsp3) is 0.229. The molecule has 1 atom stereocenters. The van der Waals surface area contributed by atoms with E-state index in [2.05, 4.69) is 55.8 Å². The van der Waals surface area contributed by atoms with Crippen molar-refractivity contribution in [2.75, 3.05) is 6.61 Å². The van der Waals surface area contributed by atoms with Crippen molar-refractivity contribution >= 4 is 40.0 Å². The van der Waals surface area contributed by atoms with E-state index in [0.717, 1.165) is 34.1 Å². The van der Waals surface area contributed by atoms with Crippen LogP contribution in [0.15, 0.2) is 100 Å². The van der Waals surface area contributed by atoms with Gasteiger partial charge in [-0.05, 0) is 43.0 Å². The first kappa shape index (κ1) is 27.7. The summed E-state index contributed by atoms with van der Waals surface area (Å²) in [5.41, 5.74) is 5.63. The van der Waals surface area contributed by atoms with Crippen molar-refractivity contribution in [2.45, 2.75) is 46.2 Å². The molecule has 5 aromatic rings. The number of esters is 1. The smallest absolute Gasteiger partial charge is 0.338 e. The lowest BCUT2D eigenvalue weighted by Gasteiger charge is -2.26. The maximum atomic E-state index is 14.3. The first-order chi connectivity index (χ1) is 20.4. The van der Waals surface area contributed by atoms with Gasteiger partial charge in [-0.15, -0.1) is 0 Å². The molecule has 0 saturated carbocycles. The molecule has 0 fully saturated rings. The van der Waals surface area contributed by atoms with Crippen LogP contribution in [0.1, 0.15) is 61.9 Å². The van der Waals surface area contributed by atoms with Gasteiger partial charge in [0.15, 0.2) is 4.80 Å². The summed E-state index contributed by atoms with van der Waals surface area (Å²) in [6.45, 7) is 9.22. The second-order valence-electron chi connectivity index (χ2n) is 10.6. The summed E-state index contributed by atoms with van der Waals surface area (Å²) in [4.78, 5) is 33.5. The SMILES string of the molecule is CCOC(=O)C1=C(c2ccccc2)N=c2s/c(=C\c3cn(CC)c4ccccc34)c(=O)n2C1c1ccc(C(C)C)cc1. The van der Waals surface area contributed by atoms with Crippen LogP contribution in [-0.2, 0) is 16.1 Å². The van der Waals surface area contributed by atoms with Crippen LogP contribution in [0, 0.1) is 0 Å². The zero-order valence-electron chi connectivity index (χ0n) is 24.2. The molecule has 3 heterocycles. The Morgan fingerprint density at radius 2 is 1.71 bits per heavy atom. The number of nitrogens with zero attached hydrogens (tertiary/aromatic N) is 3. The molecule has 6 nitrogen and oxygen atoms in total. The molecule has 0 N–H and O–H groups in total. The quantitative estimate of drug-likeness (QED) is 0.223. The third-order valence-electron chi connectivity index (χ3n) is 7.74. The molecule has 0 radical (unpaired) electrons. The van der Waals surface area contributed by atoms with Gasteiger partial charge < -0.3 is 9.30 Å². The van der Waals surface area contributed by atoms with E-state index in [4.69, 9.17) is 9.73 Å². The highest BCUT2D eigenvalue weighted by Crippen LogP contribution is 2.35. The standard InChI is InChI=1S/C35H33N3O3S/c1-5-37-21-26(27-14-10-11-15-28(27)37)20-29-33(39)38-32(25-18-16-23(17-19-25)22(3)4)30(34(40)41-6-2)31(36-35(38)42-29)24-12-8-7-9-13-24/h7-22,32H,5-6H2,1-4H3/b29-20-. The fourth-order valence-electron chi connectivity index (χ4n) is 5.61. The van der Waals surface area contributed by atoms with E-state index in [0.29, 0.717) is 26.5 Å². The molecule has 0 aliphatic carbocycles. The van der Waals surface area contributed by atoms with E-state index in [9.17, 15) is 9.59 Å². The number of thiazole rings is 1. The van der Waals surface area contributed by atoms with E-state index in [-0.39, 0.29) is 12.2 Å². The van der Waals surface area contributed by atoms with Crippen LogP contribution in [-0.4, -0.2) is 21.7 Å². The average Bonchev–Trinajstić information content (AvgIpc) is 3.53. The van der Waals surface area contributed by atoms with Crippen molar-refractivity contribution in [1.29, 1.82) is 0 Å². The van der Waals surface area contributed by atoms with E-state index < -0.39 is 12.0 Å². The number of carbonyl (C=O) groups is 1. The largest absolute Gasteiger partial charge is 0.463 e. The lowest BCUT2D eigenvalue weighted by atomic mass is 9.91. The normalized spacial score (nSPS) is 15.3. The molecule has 0 bridgehead atoms. The van der Waals surface area contributed by atoms with Gasteiger partial charge in [0.25, 0.3) is 5.56 Å². The summed E-state index contributed by atoms with van der Waals surface area (Å²) in [6, 6.07) is 25.3. The van der Waals surface area contributed by atoms with E-state index in [1.807, 2.05) is 60.7 Å². The van der Waals surface area contributed by atoms with E-state index in [1.54, 1.807) is 11.5 Å². The molecule has 1 aliphatic heterocycles. The summed E-state index contributed by atoms with van der Waals surface area (Å²) >= 11 is 1.35. The molecule has 2 aromatic heterocycles. The molecular formula is C35H33N3O3S. The fourth-order valence-corrected chi connectivity index (χ4v) is 6.60. The number of fused-ring (bicyclic) bond motifs is 2. The molecule has 42 heavy (non-hydrogen) atoms. The Labute approximate surface area is 248 Å². The molecular weight excluding hydrogens is 542 g/mol. The lowest BCUT2D eigenvalue weighted by molar-refractivity contribution is -0.138. The van der Waals surface area contributed by atoms with E-state index >= 15 is 0 Å². The summed E-state index contributed by atoms with van der Waals surface area (Å²) in [5.74, 6) is -0.121. The van der Waals surface area contributed by atoms with Gasteiger partial charge in [0.1, 0.15) is 0 Å². The van der Waals surface area contributed by atoms with Crippen molar-refractivity contribution in [3.05, 3.63) is 133 Å². The Morgan fingerprint density at radius 1 is 1.00 bits per heavy atom. The number of aryl methyl sites for hydroxylation is 1. The number of hydrogen-bond donors (Lipinski definition) is 0. The molecule has 0 amide bonds. The topological polar surface area (TPSA) is 65.6 Å². The Balaban J connectivity index is 1.64. The maximum absolute atomic E-state index is 14.3. The second kappa shape index (κ2) is 11.4. The lowest BCUT2D eigenvalue weighted by Crippen LogP contribution is -2.40. The van der Waals surface area contributed by atoms with Gasteiger partial charge in [-0.25, -0.2) is 9.79 Å². The van der Waals surface area contributed by atoms with Gasteiger partial charge in [-0.1, -0.05) is 98.0 Å². The molecule has 6 rings (SSSR count). The Hall–Kier alpha value is -4.49. The number of aromatic nitrogens is 2. The molecule has 1 aliphatic rings. The third-order valence-corrected chi connectivity index (χ3v) is 8.72.